The Hall–Kier alpha value is -4.26. The molecule has 31 heavy (non-hydrogen) atoms. The molecule has 0 aliphatic carbocycles. The SMILES string of the molecule is Cn1c2ccccc2c2nnc(N/N=C/c3ccccc3OCc3ccccc3)nc21. The number of nitrogens with one attached hydrogen (secondary N) is 1. The fourth-order valence-corrected chi connectivity index (χ4v) is 3.47. The minimum atomic E-state index is 0.331. The fourth-order valence-electron chi connectivity index (χ4n) is 3.47. The molecule has 2 heterocycles. The van der Waals surface area contributed by atoms with Crippen LogP contribution in [-0.4, -0.2) is 26.0 Å². The molecule has 0 radical (unpaired) electrons. The molecule has 0 aliphatic heterocycles. The van der Waals surface area contributed by atoms with Crippen LogP contribution >= 0.6 is 0 Å². The highest BCUT2D eigenvalue weighted by Gasteiger charge is 2.11. The second-order valence-electron chi connectivity index (χ2n) is 7.07. The summed E-state index contributed by atoms with van der Waals surface area (Å²) in [5.41, 5.74) is 7.41. The maximum Gasteiger partial charge on any atom is 0.265 e. The quantitative estimate of drug-likeness (QED) is 0.330. The number of hydrazone groups is 1. The van der Waals surface area contributed by atoms with Gasteiger partial charge in [0.25, 0.3) is 5.95 Å². The number of hydrogen-bond donors (Lipinski definition) is 1. The van der Waals surface area contributed by atoms with Gasteiger partial charge in [-0.25, -0.2) is 5.43 Å². The van der Waals surface area contributed by atoms with Crippen molar-refractivity contribution in [2.45, 2.75) is 6.61 Å². The summed E-state index contributed by atoms with van der Waals surface area (Å²) in [6.45, 7) is 0.490. The van der Waals surface area contributed by atoms with Crippen LogP contribution in [0.2, 0.25) is 0 Å². The molecule has 0 aliphatic rings. The number of hydrogen-bond acceptors (Lipinski definition) is 6. The topological polar surface area (TPSA) is 77.2 Å². The number of aryl methyl sites for hydroxylation is 1. The number of benzene rings is 3. The first-order chi connectivity index (χ1) is 15.3. The summed E-state index contributed by atoms with van der Waals surface area (Å²) < 4.78 is 7.97. The van der Waals surface area contributed by atoms with E-state index in [9.17, 15) is 0 Å². The number of para-hydroxylation sites is 2. The van der Waals surface area contributed by atoms with Gasteiger partial charge in [0.15, 0.2) is 5.65 Å². The minimum absolute atomic E-state index is 0.331. The van der Waals surface area contributed by atoms with E-state index in [1.54, 1.807) is 6.21 Å². The van der Waals surface area contributed by atoms with Gasteiger partial charge in [0.2, 0.25) is 0 Å². The van der Waals surface area contributed by atoms with Crippen LogP contribution in [0.3, 0.4) is 0 Å². The third-order valence-electron chi connectivity index (χ3n) is 5.03. The van der Waals surface area contributed by atoms with E-state index in [0.29, 0.717) is 12.6 Å². The Bertz CT molecular complexity index is 1380. The van der Waals surface area contributed by atoms with Crippen LogP contribution in [0.4, 0.5) is 5.95 Å². The van der Waals surface area contributed by atoms with Crippen molar-refractivity contribution >= 4 is 34.2 Å². The predicted molar refractivity (Wildman–Crippen MR) is 122 cm³/mol. The zero-order valence-corrected chi connectivity index (χ0v) is 16.9. The summed E-state index contributed by atoms with van der Waals surface area (Å²) >= 11 is 0. The highest BCUT2D eigenvalue weighted by molar-refractivity contribution is 6.04. The molecule has 0 fully saturated rings. The lowest BCUT2D eigenvalue weighted by Gasteiger charge is -2.08. The molecule has 3 aromatic carbocycles. The zero-order chi connectivity index (χ0) is 21.0. The maximum atomic E-state index is 5.97. The fraction of sp³-hybridized carbons (Fsp3) is 0.0833. The van der Waals surface area contributed by atoms with Gasteiger partial charge in [-0.2, -0.15) is 10.1 Å². The highest BCUT2D eigenvalue weighted by Crippen LogP contribution is 2.25. The van der Waals surface area contributed by atoms with Crippen LogP contribution in [0.25, 0.3) is 22.1 Å². The third-order valence-corrected chi connectivity index (χ3v) is 5.03. The van der Waals surface area contributed by atoms with Crippen molar-refractivity contribution in [2.24, 2.45) is 12.1 Å². The Morgan fingerprint density at radius 3 is 2.61 bits per heavy atom. The van der Waals surface area contributed by atoms with Gasteiger partial charge in [0, 0.05) is 18.0 Å². The van der Waals surface area contributed by atoms with E-state index in [0.717, 1.165) is 38.9 Å². The Morgan fingerprint density at radius 1 is 0.935 bits per heavy atom. The largest absolute Gasteiger partial charge is 0.488 e. The maximum absolute atomic E-state index is 5.97. The molecule has 2 aromatic heterocycles. The smallest absolute Gasteiger partial charge is 0.265 e. The first-order valence-corrected chi connectivity index (χ1v) is 9.92. The summed E-state index contributed by atoms with van der Waals surface area (Å²) in [4.78, 5) is 4.57. The van der Waals surface area contributed by atoms with E-state index >= 15 is 0 Å². The Kier molecular flexibility index (Phi) is 4.98. The van der Waals surface area contributed by atoms with E-state index < -0.39 is 0 Å². The van der Waals surface area contributed by atoms with E-state index in [1.807, 2.05) is 90.5 Å². The van der Waals surface area contributed by atoms with Gasteiger partial charge in [-0.1, -0.05) is 60.7 Å². The molecule has 0 amide bonds. The van der Waals surface area contributed by atoms with Crippen molar-refractivity contribution in [2.75, 3.05) is 5.43 Å². The highest BCUT2D eigenvalue weighted by atomic mass is 16.5. The first kappa shape index (κ1) is 18.7. The molecular weight excluding hydrogens is 388 g/mol. The van der Waals surface area contributed by atoms with Crippen molar-refractivity contribution in [1.82, 2.24) is 19.7 Å². The van der Waals surface area contributed by atoms with E-state index in [1.165, 1.54) is 0 Å². The van der Waals surface area contributed by atoms with Crippen LogP contribution in [0.15, 0.2) is 84.0 Å². The summed E-state index contributed by atoms with van der Waals surface area (Å²) in [7, 11) is 1.96. The van der Waals surface area contributed by atoms with Gasteiger partial charge < -0.3 is 9.30 Å². The van der Waals surface area contributed by atoms with E-state index in [2.05, 4.69) is 25.7 Å². The average molecular weight is 408 g/mol. The number of anilines is 1. The molecule has 0 bridgehead atoms. The number of fused-ring (bicyclic) bond motifs is 3. The van der Waals surface area contributed by atoms with Gasteiger partial charge in [0.05, 0.1) is 11.7 Å². The van der Waals surface area contributed by atoms with Gasteiger partial charge >= 0.3 is 0 Å². The average Bonchev–Trinajstić information content (AvgIpc) is 3.11. The van der Waals surface area contributed by atoms with E-state index in [-0.39, 0.29) is 0 Å². The van der Waals surface area contributed by atoms with Gasteiger partial charge in [-0.15, -0.1) is 10.2 Å². The first-order valence-electron chi connectivity index (χ1n) is 9.92. The van der Waals surface area contributed by atoms with E-state index in [4.69, 9.17) is 4.74 Å². The number of aromatic nitrogens is 4. The van der Waals surface area contributed by atoms with Crippen molar-refractivity contribution in [3.8, 4) is 5.75 Å². The summed E-state index contributed by atoms with van der Waals surface area (Å²) in [6.07, 6.45) is 1.69. The Morgan fingerprint density at radius 2 is 1.71 bits per heavy atom. The molecule has 0 saturated heterocycles. The van der Waals surface area contributed by atoms with Crippen molar-refractivity contribution in [3.05, 3.63) is 90.0 Å². The lowest BCUT2D eigenvalue weighted by Crippen LogP contribution is -2.02. The van der Waals surface area contributed by atoms with Crippen LogP contribution in [0.1, 0.15) is 11.1 Å². The molecule has 0 unspecified atom stereocenters. The molecule has 5 rings (SSSR count). The molecule has 1 N–H and O–H groups in total. The van der Waals surface area contributed by atoms with Gasteiger partial charge in [-0.3, -0.25) is 0 Å². The molecule has 152 valence electrons. The standard InChI is InChI=1S/C24H20N6O/c1-30-20-13-7-6-12-19(20)22-23(30)26-24(29-27-22)28-25-15-18-11-5-8-14-21(18)31-16-17-9-3-2-4-10-17/h2-15H,16H2,1H3,(H,26,28,29)/b25-15+. The molecular formula is C24H20N6O. The zero-order valence-electron chi connectivity index (χ0n) is 16.9. The van der Waals surface area contributed by atoms with Crippen LogP contribution in [0, 0.1) is 0 Å². The second-order valence-corrected chi connectivity index (χ2v) is 7.07. The molecule has 0 atom stereocenters. The van der Waals surface area contributed by atoms with Crippen LogP contribution < -0.4 is 10.2 Å². The van der Waals surface area contributed by atoms with Crippen LogP contribution in [0.5, 0.6) is 5.75 Å². The third kappa shape index (κ3) is 3.81. The second kappa shape index (κ2) is 8.23. The summed E-state index contributed by atoms with van der Waals surface area (Å²) in [5.74, 6) is 1.08. The van der Waals surface area contributed by atoms with Gasteiger partial charge in [0.1, 0.15) is 17.9 Å². The number of nitrogens with zero attached hydrogens (tertiary/aromatic N) is 5. The summed E-state index contributed by atoms with van der Waals surface area (Å²) in [5, 5.41) is 13.8. The number of ether oxygens (including phenoxy) is 1. The van der Waals surface area contributed by atoms with Gasteiger partial charge in [-0.05, 0) is 23.8 Å². The molecule has 0 spiro atoms. The summed E-state index contributed by atoms with van der Waals surface area (Å²) in [6, 6.07) is 25.8. The minimum Gasteiger partial charge on any atom is -0.488 e. The van der Waals surface area contributed by atoms with Crippen molar-refractivity contribution in [3.63, 3.8) is 0 Å². The predicted octanol–water partition coefficient (Wildman–Crippen LogP) is 4.54. The molecule has 7 heteroatoms. The lowest BCUT2D eigenvalue weighted by atomic mass is 10.2. The normalized spacial score (nSPS) is 11.4. The number of rotatable bonds is 6. The Labute approximate surface area is 179 Å². The van der Waals surface area contributed by atoms with Crippen molar-refractivity contribution in [1.29, 1.82) is 0 Å². The monoisotopic (exact) mass is 408 g/mol. The molecule has 7 nitrogen and oxygen atoms in total. The molecule has 5 aromatic rings. The lowest BCUT2D eigenvalue weighted by molar-refractivity contribution is 0.306. The van der Waals surface area contributed by atoms with Crippen molar-refractivity contribution < 1.29 is 4.74 Å². The van der Waals surface area contributed by atoms with Crippen LogP contribution in [-0.2, 0) is 13.7 Å². The Balaban J connectivity index is 1.34. The molecule has 0 saturated carbocycles.